The Morgan fingerprint density at radius 2 is 1.14 bits per heavy atom. The SMILES string of the molecule is C=Cc1ccc(OCC(F)(F)C(F)(F)C(F)(F)COc2c(F)c(F)c(S(=O)(=O)NS(=O)(=O)C(F)(F)F)c(F)c2F)cc1. The van der Waals surface area contributed by atoms with Gasteiger partial charge in [-0.05, 0) is 17.7 Å². The van der Waals surface area contributed by atoms with Gasteiger partial charge >= 0.3 is 33.3 Å². The zero-order valence-corrected chi connectivity index (χ0v) is 21.3. The normalized spacial score (nSPS) is 13.6. The van der Waals surface area contributed by atoms with E-state index in [1.807, 2.05) is 0 Å². The van der Waals surface area contributed by atoms with Crippen molar-refractivity contribution >= 4 is 26.1 Å². The minimum absolute atomic E-state index is 0.287. The molecule has 7 nitrogen and oxygen atoms in total. The van der Waals surface area contributed by atoms with Gasteiger partial charge in [-0.15, -0.1) is 0 Å². The number of nitrogens with one attached hydrogen (secondary N) is 1. The molecular weight excluding hydrogens is 661 g/mol. The highest BCUT2D eigenvalue weighted by Crippen LogP contribution is 2.46. The van der Waals surface area contributed by atoms with Gasteiger partial charge in [0.1, 0.15) is 5.75 Å². The fraction of sp³-hybridized carbons (Fsp3) is 0.300. The summed E-state index contributed by atoms with van der Waals surface area (Å²) in [6.45, 7) is -2.19. The van der Waals surface area contributed by atoms with Crippen LogP contribution in [0.4, 0.5) is 57.1 Å². The van der Waals surface area contributed by atoms with E-state index in [2.05, 4.69) is 16.1 Å². The maximum atomic E-state index is 14.2. The van der Waals surface area contributed by atoms with Crippen LogP contribution in [0.1, 0.15) is 5.56 Å². The minimum atomic E-state index is -6.97. The van der Waals surface area contributed by atoms with E-state index in [0.29, 0.717) is 5.56 Å². The minimum Gasteiger partial charge on any atom is -0.487 e. The van der Waals surface area contributed by atoms with E-state index >= 15 is 0 Å². The van der Waals surface area contributed by atoms with Crippen LogP contribution >= 0.6 is 0 Å². The topological polar surface area (TPSA) is 98.8 Å². The lowest BCUT2D eigenvalue weighted by atomic mass is 10.1. The molecule has 0 saturated heterocycles. The van der Waals surface area contributed by atoms with E-state index in [1.165, 1.54) is 18.2 Å². The predicted molar refractivity (Wildman–Crippen MR) is 114 cm³/mol. The average Bonchev–Trinajstić information content (AvgIpc) is 2.85. The molecule has 0 fully saturated rings. The van der Waals surface area contributed by atoms with Crippen LogP contribution in [-0.2, 0) is 20.0 Å². The van der Waals surface area contributed by atoms with Gasteiger partial charge in [0.15, 0.2) is 35.5 Å². The second-order valence-corrected chi connectivity index (χ2v) is 11.3. The van der Waals surface area contributed by atoms with E-state index in [9.17, 15) is 73.9 Å². The van der Waals surface area contributed by atoms with Crippen LogP contribution in [-0.4, -0.2) is 53.3 Å². The molecule has 0 aliphatic heterocycles. The Bertz CT molecular complexity index is 1530. The third-order valence-electron chi connectivity index (χ3n) is 4.83. The highest BCUT2D eigenvalue weighted by atomic mass is 32.3. The fourth-order valence-electron chi connectivity index (χ4n) is 2.67. The molecule has 0 aliphatic rings. The fourth-order valence-corrected chi connectivity index (χ4v) is 5.19. The Kier molecular flexibility index (Phi) is 9.51. The molecule has 0 amide bonds. The first-order chi connectivity index (χ1) is 18.8. The molecule has 0 aromatic heterocycles. The van der Waals surface area contributed by atoms with Gasteiger partial charge in [0.25, 0.3) is 10.0 Å². The highest BCUT2D eigenvalue weighted by Gasteiger charge is 2.72. The van der Waals surface area contributed by atoms with Crippen molar-refractivity contribution in [3.05, 3.63) is 59.7 Å². The van der Waals surface area contributed by atoms with Gasteiger partial charge in [-0.3, -0.25) is 0 Å². The van der Waals surface area contributed by atoms with Crippen LogP contribution in [0.3, 0.4) is 0 Å². The molecule has 2 aromatic carbocycles. The zero-order chi connectivity index (χ0) is 32.7. The molecule has 0 saturated carbocycles. The number of sulfonamides is 2. The van der Waals surface area contributed by atoms with Crippen LogP contribution in [0, 0.1) is 23.3 Å². The van der Waals surface area contributed by atoms with E-state index in [1.54, 1.807) is 0 Å². The van der Waals surface area contributed by atoms with Crippen molar-refractivity contribution in [3.8, 4) is 11.5 Å². The molecule has 22 heteroatoms. The first-order valence-corrected chi connectivity index (χ1v) is 13.1. The molecule has 0 atom stereocenters. The van der Waals surface area contributed by atoms with Crippen LogP contribution < -0.4 is 13.6 Å². The number of hydrogen-bond acceptors (Lipinski definition) is 6. The second-order valence-electron chi connectivity index (χ2n) is 7.78. The van der Waals surface area contributed by atoms with Gasteiger partial charge in [0.2, 0.25) is 11.6 Å². The van der Waals surface area contributed by atoms with Crippen molar-refractivity contribution in [1.82, 2.24) is 4.13 Å². The number of alkyl halides is 9. The molecular formula is C20H12F13NO6S2. The van der Waals surface area contributed by atoms with Gasteiger partial charge in [0.05, 0.1) is 0 Å². The molecule has 0 bridgehead atoms. The molecule has 2 aromatic rings. The maximum absolute atomic E-state index is 14.2. The Morgan fingerprint density at radius 1 is 0.714 bits per heavy atom. The van der Waals surface area contributed by atoms with Crippen LogP contribution in [0.15, 0.2) is 35.7 Å². The maximum Gasteiger partial charge on any atom is 0.512 e. The van der Waals surface area contributed by atoms with E-state index in [4.69, 9.17) is 0 Å². The summed E-state index contributed by atoms with van der Waals surface area (Å²) in [5, 5.41) is 0. The molecule has 0 unspecified atom stereocenters. The Balaban J connectivity index is 2.36. The third-order valence-corrected chi connectivity index (χ3v) is 8.09. The molecule has 42 heavy (non-hydrogen) atoms. The van der Waals surface area contributed by atoms with Gasteiger partial charge in [-0.1, -0.05) is 28.9 Å². The lowest BCUT2D eigenvalue weighted by Crippen LogP contribution is -2.58. The largest absolute Gasteiger partial charge is 0.512 e. The predicted octanol–water partition coefficient (Wildman–Crippen LogP) is 5.38. The summed E-state index contributed by atoms with van der Waals surface area (Å²) >= 11 is 0. The van der Waals surface area contributed by atoms with Crippen molar-refractivity contribution in [2.75, 3.05) is 13.2 Å². The Morgan fingerprint density at radius 3 is 1.55 bits per heavy atom. The summed E-state index contributed by atoms with van der Waals surface area (Å²) in [6.07, 6.45) is 1.29. The molecule has 0 radical (unpaired) electrons. The summed E-state index contributed by atoms with van der Waals surface area (Å²) in [7, 11) is -13.6. The van der Waals surface area contributed by atoms with Crippen molar-refractivity contribution in [2.45, 2.75) is 28.2 Å². The molecule has 1 N–H and O–H groups in total. The molecule has 0 aliphatic carbocycles. The van der Waals surface area contributed by atoms with Crippen molar-refractivity contribution < 1.29 is 83.4 Å². The molecule has 0 heterocycles. The highest BCUT2D eigenvalue weighted by molar-refractivity contribution is 8.05. The lowest BCUT2D eigenvalue weighted by molar-refractivity contribution is -0.320. The summed E-state index contributed by atoms with van der Waals surface area (Å²) < 4.78 is 231. The molecule has 0 spiro atoms. The molecule has 236 valence electrons. The van der Waals surface area contributed by atoms with E-state index in [-0.39, 0.29) is 4.13 Å². The van der Waals surface area contributed by atoms with Crippen molar-refractivity contribution in [3.63, 3.8) is 0 Å². The Hall–Kier alpha value is -3.27. The number of benzene rings is 2. The van der Waals surface area contributed by atoms with Crippen molar-refractivity contribution in [2.24, 2.45) is 0 Å². The number of hydrogen-bond donors (Lipinski definition) is 1. The second kappa shape index (κ2) is 11.4. The van der Waals surface area contributed by atoms with Crippen molar-refractivity contribution in [1.29, 1.82) is 0 Å². The summed E-state index contributed by atoms with van der Waals surface area (Å²) in [6, 6.07) is 4.37. The van der Waals surface area contributed by atoms with Gasteiger partial charge < -0.3 is 9.47 Å². The lowest BCUT2D eigenvalue weighted by Gasteiger charge is -2.32. The average molecular weight is 673 g/mol. The van der Waals surface area contributed by atoms with E-state index in [0.717, 1.165) is 12.1 Å². The number of rotatable bonds is 12. The van der Waals surface area contributed by atoms with Gasteiger partial charge in [0, 0.05) is 0 Å². The Labute approximate surface area is 226 Å². The number of halogens is 13. The van der Waals surface area contributed by atoms with Crippen LogP contribution in [0.2, 0.25) is 0 Å². The summed E-state index contributed by atoms with van der Waals surface area (Å²) in [4.78, 5) is -3.07. The van der Waals surface area contributed by atoms with Gasteiger partial charge in [-0.2, -0.15) is 48.3 Å². The number of ether oxygens (including phenoxy) is 2. The quantitative estimate of drug-likeness (QED) is 0.240. The van der Waals surface area contributed by atoms with E-state index < -0.39 is 96.2 Å². The van der Waals surface area contributed by atoms with Crippen LogP contribution in [0.25, 0.3) is 6.08 Å². The molecule has 2 rings (SSSR count). The first-order valence-electron chi connectivity index (χ1n) is 10.2. The summed E-state index contributed by atoms with van der Waals surface area (Å²) in [5.74, 6) is -34.5. The monoisotopic (exact) mass is 673 g/mol. The summed E-state index contributed by atoms with van der Waals surface area (Å²) in [5.41, 5.74) is -6.02. The standard InChI is InChI=1S/C20H12F13NO6S2/c1-2-9-3-5-10(6-4-9)39-7-17(25,26)19(29,30)18(27,28)8-40-15-11(21)13(23)16(14(24)12(15)22)41(35,36)34-42(37,38)20(31,32)33/h2-6,34H,1,7-8H2. The smallest absolute Gasteiger partial charge is 0.487 e. The zero-order valence-electron chi connectivity index (χ0n) is 19.7. The van der Waals surface area contributed by atoms with Gasteiger partial charge in [-0.25, -0.2) is 25.6 Å². The third kappa shape index (κ3) is 6.69. The van der Waals surface area contributed by atoms with Crippen LogP contribution in [0.5, 0.6) is 11.5 Å². The first kappa shape index (κ1) is 34.9.